The molecule has 18 heavy (non-hydrogen) atoms. The predicted octanol–water partition coefficient (Wildman–Crippen LogP) is 2.17. The van der Waals surface area contributed by atoms with Crippen LogP contribution in [0.25, 0.3) is 0 Å². The zero-order chi connectivity index (χ0) is 13.2. The molecule has 0 aromatic carbocycles. The Hall–Kier alpha value is -1.17. The summed E-state index contributed by atoms with van der Waals surface area (Å²) in [5.41, 5.74) is 0.843. The molecule has 6 heteroatoms. The van der Waals surface area contributed by atoms with Crippen molar-refractivity contribution in [3.05, 3.63) is 22.3 Å². The third kappa shape index (κ3) is 2.09. The molecular formula is C12H14ClNO4. The zero-order valence-electron chi connectivity index (χ0n) is 10.2. The van der Waals surface area contributed by atoms with Gasteiger partial charge in [-0.15, -0.1) is 0 Å². The van der Waals surface area contributed by atoms with Gasteiger partial charge in [0.1, 0.15) is 5.15 Å². The summed E-state index contributed by atoms with van der Waals surface area (Å²) in [6.45, 7) is 2.88. The maximum absolute atomic E-state index is 11.2. The number of carbonyl (C=O) groups excluding carboxylic acids is 1. The van der Waals surface area contributed by atoms with Crippen LogP contribution in [0.5, 0.6) is 5.88 Å². The fourth-order valence-corrected chi connectivity index (χ4v) is 2.27. The summed E-state index contributed by atoms with van der Waals surface area (Å²) in [6.07, 6.45) is 1.23. The lowest BCUT2D eigenvalue weighted by atomic mass is 9.99. The normalized spacial score (nSPS) is 17.7. The minimum atomic E-state index is -0.934. The monoisotopic (exact) mass is 271 g/mol. The molecule has 98 valence electrons. The molecule has 0 saturated carbocycles. The van der Waals surface area contributed by atoms with Crippen molar-refractivity contribution in [1.29, 1.82) is 0 Å². The van der Waals surface area contributed by atoms with Crippen molar-refractivity contribution in [2.75, 3.05) is 20.3 Å². The Bertz CT molecular complexity index is 458. The second-order valence-electron chi connectivity index (χ2n) is 3.84. The van der Waals surface area contributed by atoms with E-state index >= 15 is 0 Å². The Kier molecular flexibility index (Phi) is 3.85. The maximum Gasteiger partial charge on any atom is 0.214 e. The summed E-state index contributed by atoms with van der Waals surface area (Å²) in [6, 6.07) is 1.63. The molecule has 1 aromatic rings. The van der Waals surface area contributed by atoms with Gasteiger partial charge in [-0.2, -0.15) is 0 Å². The third-order valence-electron chi connectivity index (χ3n) is 2.95. The van der Waals surface area contributed by atoms with Crippen molar-refractivity contribution in [1.82, 2.24) is 4.98 Å². The smallest absolute Gasteiger partial charge is 0.214 e. The van der Waals surface area contributed by atoms with Crippen LogP contribution in [0.2, 0.25) is 5.15 Å². The van der Waals surface area contributed by atoms with E-state index in [0.717, 1.165) is 0 Å². The first-order chi connectivity index (χ1) is 8.66. The van der Waals surface area contributed by atoms with Gasteiger partial charge < -0.3 is 14.2 Å². The van der Waals surface area contributed by atoms with E-state index in [2.05, 4.69) is 4.98 Å². The van der Waals surface area contributed by atoms with E-state index < -0.39 is 5.79 Å². The topological polar surface area (TPSA) is 57.7 Å². The first-order valence-electron chi connectivity index (χ1n) is 5.65. The summed E-state index contributed by atoms with van der Waals surface area (Å²) >= 11 is 5.98. The number of halogens is 1. The molecule has 1 aliphatic heterocycles. The highest BCUT2D eigenvalue weighted by atomic mass is 35.5. The minimum absolute atomic E-state index is 0.0891. The van der Waals surface area contributed by atoms with Gasteiger partial charge in [0, 0.05) is 18.1 Å². The van der Waals surface area contributed by atoms with Crippen LogP contribution in [0, 0.1) is 0 Å². The minimum Gasteiger partial charge on any atom is -0.481 e. The number of ether oxygens (including phenoxy) is 3. The second kappa shape index (κ2) is 5.22. The molecule has 0 spiro atoms. The lowest BCUT2D eigenvalue weighted by Gasteiger charge is -2.27. The van der Waals surface area contributed by atoms with Crippen LogP contribution in [-0.2, 0) is 15.3 Å². The van der Waals surface area contributed by atoms with Gasteiger partial charge in [-0.1, -0.05) is 18.5 Å². The standard InChI is InChI=1S/C12H14ClNO4/c1-3-12(17-4-5-18-12)9-6-10(16-2)14-11(13)8(9)7-15/h6-7H,3-5H2,1-2H3. The Balaban J connectivity index is 2.60. The van der Waals surface area contributed by atoms with Crippen molar-refractivity contribution in [3.8, 4) is 5.88 Å². The lowest BCUT2D eigenvalue weighted by Crippen LogP contribution is -2.28. The molecule has 0 amide bonds. The van der Waals surface area contributed by atoms with Crippen molar-refractivity contribution in [2.24, 2.45) is 0 Å². The number of methoxy groups -OCH3 is 1. The van der Waals surface area contributed by atoms with Crippen molar-refractivity contribution < 1.29 is 19.0 Å². The molecule has 1 saturated heterocycles. The lowest BCUT2D eigenvalue weighted by molar-refractivity contribution is -0.167. The number of aldehydes is 1. The summed E-state index contributed by atoms with van der Waals surface area (Å²) in [4.78, 5) is 15.1. The third-order valence-corrected chi connectivity index (χ3v) is 3.23. The number of aromatic nitrogens is 1. The average Bonchev–Trinajstić information content (AvgIpc) is 2.87. The fraction of sp³-hybridized carbons (Fsp3) is 0.500. The van der Waals surface area contributed by atoms with E-state index in [1.807, 2.05) is 6.92 Å². The van der Waals surface area contributed by atoms with Crippen LogP contribution in [0.3, 0.4) is 0 Å². The van der Waals surface area contributed by atoms with Crippen molar-refractivity contribution in [2.45, 2.75) is 19.1 Å². The Morgan fingerprint density at radius 1 is 1.56 bits per heavy atom. The predicted molar refractivity (Wildman–Crippen MR) is 65.1 cm³/mol. The van der Waals surface area contributed by atoms with E-state index in [-0.39, 0.29) is 10.7 Å². The van der Waals surface area contributed by atoms with Gasteiger partial charge in [-0.25, -0.2) is 4.98 Å². The van der Waals surface area contributed by atoms with Crippen LogP contribution in [0.4, 0.5) is 0 Å². The van der Waals surface area contributed by atoms with Gasteiger partial charge in [-0.3, -0.25) is 4.79 Å². The summed E-state index contributed by atoms with van der Waals surface area (Å²) in [5.74, 6) is -0.608. The molecular weight excluding hydrogens is 258 g/mol. The molecule has 0 aliphatic carbocycles. The van der Waals surface area contributed by atoms with Crippen LogP contribution in [-0.4, -0.2) is 31.6 Å². The average molecular weight is 272 g/mol. The highest BCUT2D eigenvalue weighted by Crippen LogP contribution is 2.39. The van der Waals surface area contributed by atoms with Crippen LogP contribution in [0.15, 0.2) is 6.07 Å². The molecule has 1 aliphatic rings. The molecule has 1 fully saturated rings. The fourth-order valence-electron chi connectivity index (χ4n) is 2.04. The zero-order valence-corrected chi connectivity index (χ0v) is 11.0. The van der Waals surface area contributed by atoms with E-state index in [1.165, 1.54) is 7.11 Å². The summed E-state index contributed by atoms with van der Waals surface area (Å²) < 4.78 is 16.4. The van der Waals surface area contributed by atoms with E-state index in [9.17, 15) is 4.79 Å². The molecule has 0 unspecified atom stereocenters. The molecule has 2 heterocycles. The number of nitrogens with zero attached hydrogens (tertiary/aromatic N) is 1. The molecule has 2 rings (SSSR count). The van der Waals surface area contributed by atoms with Gasteiger partial charge in [0.15, 0.2) is 12.1 Å². The Morgan fingerprint density at radius 2 is 2.22 bits per heavy atom. The van der Waals surface area contributed by atoms with Gasteiger partial charge in [0.05, 0.1) is 25.9 Å². The molecule has 0 atom stereocenters. The molecule has 0 radical (unpaired) electrons. The number of hydrogen-bond acceptors (Lipinski definition) is 5. The highest BCUT2D eigenvalue weighted by molar-refractivity contribution is 6.32. The van der Waals surface area contributed by atoms with Gasteiger partial charge in [0.25, 0.3) is 0 Å². The van der Waals surface area contributed by atoms with Crippen LogP contribution >= 0.6 is 11.6 Å². The second-order valence-corrected chi connectivity index (χ2v) is 4.20. The largest absolute Gasteiger partial charge is 0.481 e. The number of rotatable bonds is 4. The van der Waals surface area contributed by atoms with E-state index in [1.54, 1.807) is 6.07 Å². The summed E-state index contributed by atoms with van der Waals surface area (Å²) in [5, 5.41) is 0.0891. The Labute approximate surface area is 110 Å². The molecule has 0 N–H and O–H groups in total. The molecule has 5 nitrogen and oxygen atoms in total. The first-order valence-corrected chi connectivity index (χ1v) is 6.02. The van der Waals surface area contributed by atoms with Crippen LogP contribution < -0.4 is 4.74 Å². The number of pyridine rings is 1. The number of hydrogen-bond donors (Lipinski definition) is 0. The van der Waals surface area contributed by atoms with Crippen LogP contribution in [0.1, 0.15) is 29.3 Å². The van der Waals surface area contributed by atoms with Crippen molar-refractivity contribution >= 4 is 17.9 Å². The number of carbonyl (C=O) groups is 1. The quantitative estimate of drug-likeness (QED) is 0.620. The summed E-state index contributed by atoms with van der Waals surface area (Å²) in [7, 11) is 1.48. The molecule has 1 aromatic heterocycles. The first kappa shape index (κ1) is 13.3. The Morgan fingerprint density at radius 3 is 2.72 bits per heavy atom. The molecule has 0 bridgehead atoms. The van der Waals surface area contributed by atoms with Crippen molar-refractivity contribution in [3.63, 3.8) is 0 Å². The maximum atomic E-state index is 11.2. The highest BCUT2D eigenvalue weighted by Gasteiger charge is 2.39. The van der Waals surface area contributed by atoms with E-state index in [4.69, 9.17) is 25.8 Å². The SMILES string of the molecule is CCC1(c2cc(OC)nc(Cl)c2C=O)OCCO1. The van der Waals surface area contributed by atoms with Gasteiger partial charge in [-0.05, 0) is 0 Å². The van der Waals surface area contributed by atoms with Gasteiger partial charge >= 0.3 is 0 Å². The van der Waals surface area contributed by atoms with E-state index in [0.29, 0.717) is 37.4 Å². The van der Waals surface area contributed by atoms with Gasteiger partial charge in [0.2, 0.25) is 5.88 Å².